The van der Waals surface area contributed by atoms with Gasteiger partial charge in [0.15, 0.2) is 0 Å². The molecule has 2 aliphatic rings. The van der Waals surface area contributed by atoms with Crippen molar-refractivity contribution in [3.63, 3.8) is 0 Å². The number of hydrogen-bond acceptors (Lipinski definition) is 2. The van der Waals surface area contributed by atoms with Crippen LogP contribution in [-0.2, 0) is 4.79 Å². The zero-order valence-electron chi connectivity index (χ0n) is 9.59. The summed E-state index contributed by atoms with van der Waals surface area (Å²) in [7, 11) is 0. The van der Waals surface area contributed by atoms with Crippen molar-refractivity contribution in [2.75, 3.05) is 0 Å². The van der Waals surface area contributed by atoms with Crippen molar-refractivity contribution in [1.29, 1.82) is 0 Å². The van der Waals surface area contributed by atoms with Gasteiger partial charge in [-0.3, -0.25) is 4.79 Å². The summed E-state index contributed by atoms with van der Waals surface area (Å²) in [5.41, 5.74) is 5.45. The molecule has 0 radical (unpaired) electrons. The topological polar surface area (TPSA) is 55.1 Å². The van der Waals surface area contributed by atoms with Crippen LogP contribution in [0.2, 0.25) is 0 Å². The van der Waals surface area contributed by atoms with Gasteiger partial charge in [0.05, 0.1) is 5.54 Å². The molecule has 2 aliphatic carbocycles. The van der Waals surface area contributed by atoms with Crippen LogP contribution >= 0.6 is 0 Å². The maximum atomic E-state index is 11.9. The summed E-state index contributed by atoms with van der Waals surface area (Å²) in [5.74, 6) is 0.755. The van der Waals surface area contributed by atoms with Gasteiger partial charge < -0.3 is 11.1 Å². The minimum atomic E-state index is -0.535. The highest BCUT2D eigenvalue weighted by molar-refractivity contribution is 5.87. The first-order valence-electron chi connectivity index (χ1n) is 6.22. The summed E-state index contributed by atoms with van der Waals surface area (Å²) in [6.07, 6.45) is 7.98. The van der Waals surface area contributed by atoms with E-state index in [2.05, 4.69) is 12.2 Å². The van der Waals surface area contributed by atoms with Crippen LogP contribution in [-0.4, -0.2) is 17.5 Å². The van der Waals surface area contributed by atoms with Crippen molar-refractivity contribution in [2.24, 2.45) is 11.7 Å². The van der Waals surface area contributed by atoms with E-state index in [4.69, 9.17) is 5.73 Å². The number of nitrogens with one attached hydrogen (secondary N) is 1. The summed E-state index contributed by atoms with van der Waals surface area (Å²) >= 11 is 0. The molecular weight excluding hydrogens is 188 g/mol. The van der Waals surface area contributed by atoms with Gasteiger partial charge in [-0.1, -0.05) is 12.8 Å². The fourth-order valence-corrected chi connectivity index (χ4v) is 2.71. The molecule has 2 saturated carbocycles. The van der Waals surface area contributed by atoms with Crippen LogP contribution in [0.1, 0.15) is 51.9 Å². The normalized spacial score (nSPS) is 27.1. The molecule has 0 bridgehead atoms. The van der Waals surface area contributed by atoms with Crippen molar-refractivity contribution in [3.8, 4) is 0 Å². The van der Waals surface area contributed by atoms with Crippen LogP contribution in [0, 0.1) is 5.92 Å². The lowest BCUT2D eigenvalue weighted by Gasteiger charge is -2.37. The monoisotopic (exact) mass is 210 g/mol. The average Bonchev–Trinajstić information content (AvgIpc) is 2.66. The molecule has 0 spiro atoms. The summed E-state index contributed by atoms with van der Waals surface area (Å²) in [6.45, 7) is 2.12. The van der Waals surface area contributed by atoms with E-state index in [0.717, 1.165) is 19.3 Å². The second-order valence-corrected chi connectivity index (χ2v) is 5.32. The Bertz CT molecular complexity index is 242. The summed E-state index contributed by atoms with van der Waals surface area (Å²) in [6, 6.07) is 0.307. The first-order chi connectivity index (χ1) is 7.12. The first-order valence-corrected chi connectivity index (χ1v) is 6.22. The number of amides is 1. The molecule has 0 aromatic rings. The average molecular weight is 210 g/mol. The number of carbonyl (C=O) groups is 1. The van der Waals surface area contributed by atoms with E-state index >= 15 is 0 Å². The molecule has 3 heteroatoms. The molecule has 0 heterocycles. The third-order valence-corrected chi connectivity index (χ3v) is 4.16. The van der Waals surface area contributed by atoms with Crippen molar-refractivity contribution < 1.29 is 4.79 Å². The Labute approximate surface area is 91.8 Å². The van der Waals surface area contributed by atoms with Crippen molar-refractivity contribution in [2.45, 2.75) is 63.5 Å². The van der Waals surface area contributed by atoms with Gasteiger partial charge in [0.1, 0.15) is 0 Å². The second kappa shape index (κ2) is 4.12. The summed E-state index contributed by atoms with van der Waals surface area (Å²) in [5, 5.41) is 3.10. The summed E-state index contributed by atoms with van der Waals surface area (Å²) < 4.78 is 0. The Morgan fingerprint density at radius 2 is 1.93 bits per heavy atom. The third-order valence-electron chi connectivity index (χ3n) is 4.16. The zero-order valence-corrected chi connectivity index (χ0v) is 9.59. The number of carbonyl (C=O) groups excluding carboxylic acids is 1. The van der Waals surface area contributed by atoms with E-state index in [0.29, 0.717) is 12.0 Å². The van der Waals surface area contributed by atoms with Gasteiger partial charge >= 0.3 is 0 Å². The van der Waals surface area contributed by atoms with Crippen LogP contribution in [0.15, 0.2) is 0 Å². The molecule has 15 heavy (non-hydrogen) atoms. The quantitative estimate of drug-likeness (QED) is 0.742. The van der Waals surface area contributed by atoms with Crippen LogP contribution in [0.5, 0.6) is 0 Å². The molecular formula is C12H22N2O. The van der Waals surface area contributed by atoms with E-state index < -0.39 is 5.54 Å². The van der Waals surface area contributed by atoms with E-state index in [1.165, 1.54) is 25.7 Å². The Kier molecular flexibility index (Phi) is 3.01. The fraction of sp³-hybridized carbons (Fsp3) is 0.917. The van der Waals surface area contributed by atoms with Crippen LogP contribution < -0.4 is 11.1 Å². The van der Waals surface area contributed by atoms with Gasteiger partial charge in [-0.05, 0) is 44.9 Å². The van der Waals surface area contributed by atoms with Gasteiger partial charge in [-0.15, -0.1) is 0 Å². The molecule has 1 amide bonds. The summed E-state index contributed by atoms with van der Waals surface area (Å²) in [4.78, 5) is 11.9. The first kappa shape index (κ1) is 10.9. The van der Waals surface area contributed by atoms with Crippen molar-refractivity contribution in [1.82, 2.24) is 5.32 Å². The highest BCUT2D eigenvalue weighted by atomic mass is 16.2. The van der Waals surface area contributed by atoms with Gasteiger partial charge in [-0.25, -0.2) is 0 Å². The predicted octanol–water partition coefficient (Wildman–Crippen LogP) is 1.56. The Balaban J connectivity index is 1.82. The molecule has 1 atom stereocenters. The highest BCUT2D eigenvalue weighted by Gasteiger charge is 2.41. The molecule has 3 nitrogen and oxygen atoms in total. The molecule has 0 aliphatic heterocycles. The molecule has 2 rings (SSSR count). The van der Waals surface area contributed by atoms with Crippen LogP contribution in [0.25, 0.3) is 0 Å². The molecule has 0 saturated heterocycles. The largest absolute Gasteiger partial charge is 0.352 e. The van der Waals surface area contributed by atoms with E-state index in [1.807, 2.05) is 0 Å². The molecule has 0 unspecified atom stereocenters. The molecule has 3 N–H and O–H groups in total. The number of rotatable bonds is 3. The zero-order chi connectivity index (χ0) is 10.9. The SMILES string of the molecule is C[C@H](NC(=O)C1(N)CCC1)C1CCCC1. The lowest BCUT2D eigenvalue weighted by Crippen LogP contribution is -2.60. The molecule has 86 valence electrons. The van der Waals surface area contributed by atoms with Crippen molar-refractivity contribution >= 4 is 5.91 Å². The predicted molar refractivity (Wildman–Crippen MR) is 60.3 cm³/mol. The Morgan fingerprint density at radius 1 is 1.33 bits per heavy atom. The van der Waals surface area contributed by atoms with Crippen LogP contribution in [0.3, 0.4) is 0 Å². The highest BCUT2D eigenvalue weighted by Crippen LogP contribution is 2.31. The van der Waals surface area contributed by atoms with Gasteiger partial charge in [0.2, 0.25) is 5.91 Å². The van der Waals surface area contributed by atoms with Gasteiger partial charge in [0.25, 0.3) is 0 Å². The lowest BCUT2D eigenvalue weighted by atomic mass is 9.76. The Hall–Kier alpha value is -0.570. The second-order valence-electron chi connectivity index (χ2n) is 5.32. The standard InChI is InChI=1S/C12H22N2O/c1-9(10-5-2-3-6-10)14-11(15)12(13)7-4-8-12/h9-10H,2-8,13H2,1H3,(H,14,15)/t9-/m0/s1. The van der Waals surface area contributed by atoms with Crippen LogP contribution in [0.4, 0.5) is 0 Å². The fourth-order valence-electron chi connectivity index (χ4n) is 2.71. The van der Waals surface area contributed by atoms with Crippen molar-refractivity contribution in [3.05, 3.63) is 0 Å². The van der Waals surface area contributed by atoms with Gasteiger partial charge in [0, 0.05) is 6.04 Å². The van der Waals surface area contributed by atoms with E-state index in [-0.39, 0.29) is 5.91 Å². The Morgan fingerprint density at radius 3 is 2.40 bits per heavy atom. The maximum Gasteiger partial charge on any atom is 0.240 e. The smallest absolute Gasteiger partial charge is 0.240 e. The minimum Gasteiger partial charge on any atom is -0.352 e. The maximum absolute atomic E-state index is 11.9. The third kappa shape index (κ3) is 2.17. The minimum absolute atomic E-state index is 0.0770. The molecule has 2 fully saturated rings. The molecule has 0 aromatic carbocycles. The van der Waals surface area contributed by atoms with Gasteiger partial charge in [-0.2, -0.15) is 0 Å². The lowest BCUT2D eigenvalue weighted by molar-refractivity contribution is -0.130. The number of nitrogens with two attached hydrogens (primary N) is 1. The van der Waals surface area contributed by atoms with E-state index in [1.54, 1.807) is 0 Å². The molecule has 0 aromatic heterocycles. The number of hydrogen-bond donors (Lipinski definition) is 2. The van der Waals surface area contributed by atoms with E-state index in [9.17, 15) is 4.79 Å².